The number of rotatable bonds is 7. The van der Waals surface area contributed by atoms with Crippen LogP contribution in [0.3, 0.4) is 0 Å². The highest BCUT2D eigenvalue weighted by molar-refractivity contribution is 9.10. The van der Waals surface area contributed by atoms with Crippen molar-refractivity contribution >= 4 is 27.6 Å². The molecule has 1 aromatic carbocycles. The highest BCUT2D eigenvalue weighted by atomic mass is 79.9. The van der Waals surface area contributed by atoms with E-state index in [0.717, 1.165) is 17.3 Å². The molecule has 5 heteroatoms. The van der Waals surface area contributed by atoms with E-state index in [0.29, 0.717) is 12.2 Å². The normalized spacial score (nSPS) is 11.4. The number of halogens is 1. The van der Waals surface area contributed by atoms with Crippen LogP contribution in [0, 0.1) is 5.41 Å². The molecule has 0 heterocycles. The molecule has 0 fully saturated rings. The Balaban J connectivity index is 2.93. The van der Waals surface area contributed by atoms with E-state index in [1.165, 1.54) is 0 Å². The van der Waals surface area contributed by atoms with Gasteiger partial charge in [0.1, 0.15) is 0 Å². The van der Waals surface area contributed by atoms with Gasteiger partial charge < -0.3 is 15.5 Å². The van der Waals surface area contributed by atoms with E-state index in [1.54, 1.807) is 18.2 Å². The average Bonchev–Trinajstić information content (AvgIpc) is 2.40. The summed E-state index contributed by atoms with van der Waals surface area (Å²) < 4.78 is 0.822. The van der Waals surface area contributed by atoms with Crippen molar-refractivity contribution in [3.05, 3.63) is 28.2 Å². The molecule has 19 heavy (non-hydrogen) atoms. The zero-order valence-corrected chi connectivity index (χ0v) is 12.8. The van der Waals surface area contributed by atoms with E-state index in [9.17, 15) is 9.90 Å². The SMILES string of the molecule is CCC(CC)(CO)CNc1cc(Br)ccc1C(=O)O. The van der Waals surface area contributed by atoms with Crippen molar-refractivity contribution in [1.82, 2.24) is 0 Å². The maximum atomic E-state index is 11.2. The number of aliphatic hydroxyl groups excluding tert-OH is 1. The molecular formula is C14H20BrNO3. The maximum Gasteiger partial charge on any atom is 0.337 e. The van der Waals surface area contributed by atoms with Gasteiger partial charge in [-0.05, 0) is 31.0 Å². The van der Waals surface area contributed by atoms with Crippen molar-refractivity contribution in [2.24, 2.45) is 5.41 Å². The lowest BCUT2D eigenvalue weighted by Crippen LogP contribution is -2.32. The quantitative estimate of drug-likeness (QED) is 0.717. The molecule has 0 saturated heterocycles. The van der Waals surface area contributed by atoms with Crippen molar-refractivity contribution in [3.8, 4) is 0 Å². The Morgan fingerprint density at radius 2 is 2.00 bits per heavy atom. The summed E-state index contributed by atoms with van der Waals surface area (Å²) in [6.07, 6.45) is 1.67. The summed E-state index contributed by atoms with van der Waals surface area (Å²) in [6.45, 7) is 4.69. The number of carbonyl (C=O) groups is 1. The Morgan fingerprint density at radius 1 is 1.37 bits per heavy atom. The molecule has 0 amide bonds. The standard InChI is InChI=1S/C14H20BrNO3/c1-3-14(4-2,9-17)8-16-12-7-10(15)5-6-11(12)13(18)19/h5-7,16-17H,3-4,8-9H2,1-2H3,(H,18,19). The average molecular weight is 330 g/mol. The molecule has 0 atom stereocenters. The summed E-state index contributed by atoms with van der Waals surface area (Å²) >= 11 is 3.33. The molecule has 4 nitrogen and oxygen atoms in total. The van der Waals surface area contributed by atoms with Crippen LogP contribution in [0.15, 0.2) is 22.7 Å². The first kappa shape index (κ1) is 16.0. The third-order valence-corrected chi connectivity index (χ3v) is 4.19. The largest absolute Gasteiger partial charge is 0.478 e. The maximum absolute atomic E-state index is 11.2. The molecule has 0 aliphatic heterocycles. The van der Waals surface area contributed by atoms with Gasteiger partial charge in [-0.15, -0.1) is 0 Å². The van der Waals surface area contributed by atoms with Gasteiger partial charge >= 0.3 is 5.97 Å². The molecule has 106 valence electrons. The van der Waals surface area contributed by atoms with Crippen LogP contribution in [0.5, 0.6) is 0 Å². The third kappa shape index (κ3) is 3.94. The van der Waals surface area contributed by atoms with Crippen LogP contribution in [0.25, 0.3) is 0 Å². The molecule has 3 N–H and O–H groups in total. The van der Waals surface area contributed by atoms with E-state index in [-0.39, 0.29) is 17.6 Å². The summed E-state index contributed by atoms with van der Waals surface area (Å²) in [4.78, 5) is 11.2. The topological polar surface area (TPSA) is 69.6 Å². The zero-order valence-electron chi connectivity index (χ0n) is 11.2. The molecule has 0 saturated carbocycles. The first-order valence-corrected chi connectivity index (χ1v) is 7.15. The molecule has 0 spiro atoms. The zero-order chi connectivity index (χ0) is 14.5. The van der Waals surface area contributed by atoms with Gasteiger partial charge in [-0.25, -0.2) is 4.79 Å². The Kier molecular flexibility index (Phi) is 5.82. The van der Waals surface area contributed by atoms with Gasteiger partial charge in [0, 0.05) is 22.1 Å². The van der Waals surface area contributed by atoms with Gasteiger partial charge in [-0.2, -0.15) is 0 Å². The number of carboxylic acids is 1. The minimum atomic E-state index is -0.961. The fourth-order valence-corrected chi connectivity index (χ4v) is 2.27. The second-order valence-corrected chi connectivity index (χ2v) is 5.63. The van der Waals surface area contributed by atoms with Crippen LogP contribution in [0.1, 0.15) is 37.0 Å². The molecule has 0 aliphatic rings. The van der Waals surface area contributed by atoms with Gasteiger partial charge in [0.25, 0.3) is 0 Å². The number of hydrogen-bond acceptors (Lipinski definition) is 3. The fourth-order valence-electron chi connectivity index (χ4n) is 1.91. The van der Waals surface area contributed by atoms with E-state index < -0.39 is 5.97 Å². The summed E-state index contributed by atoms with van der Waals surface area (Å²) in [6, 6.07) is 5.01. The predicted molar refractivity (Wildman–Crippen MR) is 79.7 cm³/mol. The van der Waals surface area contributed by atoms with E-state index in [4.69, 9.17) is 5.11 Å². The van der Waals surface area contributed by atoms with Crippen LogP contribution in [-0.4, -0.2) is 29.3 Å². The molecule has 1 aromatic rings. The first-order chi connectivity index (χ1) is 8.98. The Hall–Kier alpha value is -1.07. The highest BCUT2D eigenvalue weighted by Crippen LogP contribution is 2.28. The number of benzene rings is 1. The predicted octanol–water partition coefficient (Wildman–Crippen LogP) is 3.36. The number of aromatic carboxylic acids is 1. The van der Waals surface area contributed by atoms with Crippen molar-refractivity contribution in [2.45, 2.75) is 26.7 Å². The van der Waals surface area contributed by atoms with E-state index in [2.05, 4.69) is 21.2 Å². The second kappa shape index (κ2) is 6.91. The first-order valence-electron chi connectivity index (χ1n) is 6.35. The van der Waals surface area contributed by atoms with Gasteiger partial charge in [0.15, 0.2) is 0 Å². The van der Waals surface area contributed by atoms with Gasteiger partial charge in [0.05, 0.1) is 12.2 Å². The summed E-state index contributed by atoms with van der Waals surface area (Å²) in [5.41, 5.74) is 0.599. The van der Waals surface area contributed by atoms with Gasteiger partial charge in [-0.1, -0.05) is 29.8 Å². The minimum Gasteiger partial charge on any atom is -0.478 e. The van der Waals surface area contributed by atoms with Crippen LogP contribution in [0.4, 0.5) is 5.69 Å². The van der Waals surface area contributed by atoms with Crippen molar-refractivity contribution in [2.75, 3.05) is 18.5 Å². The Labute approximate surface area is 122 Å². The lowest BCUT2D eigenvalue weighted by molar-refractivity contribution is 0.0697. The lowest BCUT2D eigenvalue weighted by Gasteiger charge is -2.30. The third-order valence-electron chi connectivity index (χ3n) is 3.70. The number of nitrogens with one attached hydrogen (secondary N) is 1. The van der Waals surface area contributed by atoms with E-state index in [1.807, 2.05) is 13.8 Å². The second-order valence-electron chi connectivity index (χ2n) is 4.71. The van der Waals surface area contributed by atoms with Crippen LogP contribution >= 0.6 is 15.9 Å². The number of carboxylic acid groups (broad SMARTS) is 1. The number of anilines is 1. The summed E-state index contributed by atoms with van der Waals surface area (Å²) in [7, 11) is 0. The Morgan fingerprint density at radius 3 is 2.47 bits per heavy atom. The van der Waals surface area contributed by atoms with Crippen LogP contribution in [0.2, 0.25) is 0 Å². The van der Waals surface area contributed by atoms with Crippen molar-refractivity contribution < 1.29 is 15.0 Å². The molecular weight excluding hydrogens is 310 g/mol. The molecule has 1 rings (SSSR count). The summed E-state index contributed by atoms with van der Waals surface area (Å²) in [5, 5.41) is 21.8. The summed E-state index contributed by atoms with van der Waals surface area (Å²) in [5.74, 6) is -0.961. The van der Waals surface area contributed by atoms with Crippen molar-refractivity contribution in [1.29, 1.82) is 0 Å². The molecule has 0 bridgehead atoms. The smallest absolute Gasteiger partial charge is 0.337 e. The van der Waals surface area contributed by atoms with Crippen LogP contribution < -0.4 is 5.32 Å². The monoisotopic (exact) mass is 329 g/mol. The molecule has 0 aliphatic carbocycles. The molecule has 0 aromatic heterocycles. The Bertz CT molecular complexity index is 436. The fraction of sp³-hybridized carbons (Fsp3) is 0.500. The van der Waals surface area contributed by atoms with Crippen LogP contribution in [-0.2, 0) is 0 Å². The lowest BCUT2D eigenvalue weighted by atomic mass is 9.83. The van der Waals surface area contributed by atoms with Gasteiger partial charge in [-0.3, -0.25) is 0 Å². The number of hydrogen-bond donors (Lipinski definition) is 3. The molecule has 0 unspecified atom stereocenters. The highest BCUT2D eigenvalue weighted by Gasteiger charge is 2.25. The minimum absolute atomic E-state index is 0.0867. The van der Waals surface area contributed by atoms with Gasteiger partial charge in [0.2, 0.25) is 0 Å². The van der Waals surface area contributed by atoms with Crippen molar-refractivity contribution in [3.63, 3.8) is 0 Å². The molecule has 0 radical (unpaired) electrons. The van der Waals surface area contributed by atoms with E-state index >= 15 is 0 Å². The number of aliphatic hydroxyl groups is 1.